The van der Waals surface area contributed by atoms with Gasteiger partial charge in [-0.05, 0) is 70.6 Å². The van der Waals surface area contributed by atoms with Crippen LogP contribution in [0.5, 0.6) is 0 Å². The van der Waals surface area contributed by atoms with Gasteiger partial charge in [-0.15, -0.1) is 0 Å². The molecule has 8 N–H and O–H groups in total. The highest BCUT2D eigenvalue weighted by Gasteiger charge is 2.32. The number of carboxylic acid groups (broad SMARTS) is 1. The number of rotatable bonds is 20. The summed E-state index contributed by atoms with van der Waals surface area (Å²) in [6.07, 6.45) is 0.164. The van der Waals surface area contributed by atoms with E-state index in [0.29, 0.717) is 42.3 Å². The standard InChI is InChI=1S/C36H52N6O10/c1-7-20(2)31(42-35(50)52-36(4,5)6)34(49)41-26(14-15-29(44)45)33(48)39-19-24(43)17-22(10-8-9-11-28(37)38)32(47)40-23-12-13-25-21(3)16-30(46)51-27(25)18-23/h12-13,16,18,20,22,26,31H,7-11,14-15,17,19H2,1-6H3,(H3,37,38)(H,39,48)(H,40,47)(H,41,49)(H,42,50)(H,44,45). The number of amidine groups is 1. The van der Waals surface area contributed by atoms with Crippen molar-refractivity contribution in [3.63, 3.8) is 0 Å². The van der Waals surface area contributed by atoms with E-state index in [1.165, 1.54) is 12.1 Å². The third kappa shape index (κ3) is 14.9. The van der Waals surface area contributed by atoms with E-state index in [1.807, 2.05) is 0 Å². The molecule has 4 atom stereocenters. The van der Waals surface area contributed by atoms with Gasteiger partial charge in [0.15, 0.2) is 5.78 Å². The van der Waals surface area contributed by atoms with Gasteiger partial charge < -0.3 is 41.3 Å². The smallest absolute Gasteiger partial charge is 0.408 e. The number of fused-ring (bicyclic) bond motifs is 1. The molecule has 16 heteroatoms. The molecule has 4 amide bonds. The van der Waals surface area contributed by atoms with Crippen molar-refractivity contribution >= 4 is 58.1 Å². The van der Waals surface area contributed by atoms with Crippen molar-refractivity contribution in [1.29, 1.82) is 5.41 Å². The molecule has 1 aromatic carbocycles. The Hall–Kier alpha value is -5.28. The number of carboxylic acids is 1. The van der Waals surface area contributed by atoms with Gasteiger partial charge in [0.25, 0.3) is 0 Å². The van der Waals surface area contributed by atoms with Crippen LogP contribution >= 0.6 is 0 Å². The van der Waals surface area contributed by atoms with Gasteiger partial charge >= 0.3 is 17.7 Å². The second-order valence-corrected chi connectivity index (χ2v) is 13.9. The van der Waals surface area contributed by atoms with Crippen LogP contribution in [-0.4, -0.2) is 70.7 Å². The number of hydrogen-bond donors (Lipinski definition) is 7. The second-order valence-electron chi connectivity index (χ2n) is 13.9. The van der Waals surface area contributed by atoms with Crippen molar-refractivity contribution in [2.75, 3.05) is 11.9 Å². The number of nitrogens with one attached hydrogen (secondary N) is 5. The van der Waals surface area contributed by atoms with E-state index in [1.54, 1.807) is 53.7 Å². The van der Waals surface area contributed by atoms with Crippen LogP contribution in [0.1, 0.15) is 91.5 Å². The lowest BCUT2D eigenvalue weighted by molar-refractivity contribution is -0.138. The van der Waals surface area contributed by atoms with Gasteiger partial charge in [0.2, 0.25) is 17.7 Å². The number of Topliss-reactive ketones (excluding diaryl/α,β-unsaturated/α-hetero) is 1. The van der Waals surface area contributed by atoms with E-state index in [9.17, 15) is 38.7 Å². The Balaban J connectivity index is 2.16. The van der Waals surface area contributed by atoms with E-state index in [4.69, 9.17) is 20.3 Å². The molecule has 0 bridgehead atoms. The predicted molar refractivity (Wildman–Crippen MR) is 194 cm³/mol. The number of ketones is 1. The molecule has 0 fully saturated rings. The van der Waals surface area contributed by atoms with Crippen LogP contribution in [0.2, 0.25) is 0 Å². The molecule has 0 saturated heterocycles. The summed E-state index contributed by atoms with van der Waals surface area (Å²) in [7, 11) is 0. The van der Waals surface area contributed by atoms with E-state index in [2.05, 4.69) is 21.3 Å². The molecule has 2 rings (SSSR count). The Morgan fingerprint density at radius 1 is 0.981 bits per heavy atom. The zero-order valence-corrected chi connectivity index (χ0v) is 30.7. The number of aryl methyl sites for hydroxylation is 1. The van der Waals surface area contributed by atoms with E-state index >= 15 is 0 Å². The summed E-state index contributed by atoms with van der Waals surface area (Å²) in [4.78, 5) is 88.8. The molecule has 2 aromatic rings. The number of aliphatic carboxylic acids is 1. The number of amides is 4. The second kappa shape index (κ2) is 19.9. The Kier molecular flexibility index (Phi) is 16.4. The van der Waals surface area contributed by atoms with Gasteiger partial charge in [-0.3, -0.25) is 29.4 Å². The van der Waals surface area contributed by atoms with E-state index in [0.717, 1.165) is 0 Å². The monoisotopic (exact) mass is 728 g/mol. The molecule has 16 nitrogen and oxygen atoms in total. The largest absolute Gasteiger partial charge is 0.481 e. The Bertz CT molecular complexity index is 1680. The molecule has 52 heavy (non-hydrogen) atoms. The zero-order valence-electron chi connectivity index (χ0n) is 30.7. The van der Waals surface area contributed by atoms with Crippen molar-refractivity contribution in [3.8, 4) is 0 Å². The van der Waals surface area contributed by atoms with Crippen molar-refractivity contribution in [1.82, 2.24) is 16.0 Å². The molecule has 0 radical (unpaired) electrons. The maximum atomic E-state index is 13.4. The Morgan fingerprint density at radius 3 is 2.29 bits per heavy atom. The minimum Gasteiger partial charge on any atom is -0.481 e. The molecule has 1 aromatic heterocycles. The fraction of sp³-hybridized carbons (Fsp3) is 0.556. The lowest BCUT2D eigenvalue weighted by atomic mass is 9.94. The number of carbonyl (C=O) groups is 6. The van der Waals surface area contributed by atoms with Crippen molar-refractivity contribution in [2.24, 2.45) is 17.6 Å². The lowest BCUT2D eigenvalue weighted by Gasteiger charge is -2.28. The number of carbonyl (C=O) groups excluding carboxylic acids is 5. The average Bonchev–Trinajstić information content (AvgIpc) is 3.03. The minimum atomic E-state index is -1.36. The summed E-state index contributed by atoms with van der Waals surface area (Å²) in [5.74, 6) is -4.99. The van der Waals surface area contributed by atoms with Crippen LogP contribution in [-0.2, 0) is 28.7 Å². The summed E-state index contributed by atoms with van der Waals surface area (Å²) in [5, 5.41) is 27.7. The van der Waals surface area contributed by atoms with Gasteiger partial charge in [-0.25, -0.2) is 9.59 Å². The lowest BCUT2D eigenvalue weighted by Crippen LogP contribution is -2.56. The summed E-state index contributed by atoms with van der Waals surface area (Å²) >= 11 is 0. The number of unbranched alkanes of at least 4 members (excludes halogenated alkanes) is 1. The molecule has 0 saturated carbocycles. The Labute approximate surface area is 302 Å². The number of alkyl carbamates (subject to hydrolysis) is 1. The van der Waals surface area contributed by atoms with Crippen LogP contribution in [0.4, 0.5) is 10.5 Å². The number of ether oxygens (including phenoxy) is 1. The van der Waals surface area contributed by atoms with Crippen LogP contribution < -0.4 is 32.6 Å². The molecule has 286 valence electrons. The summed E-state index contributed by atoms with van der Waals surface area (Å²) in [6.45, 7) is 9.76. The van der Waals surface area contributed by atoms with E-state index < -0.39 is 77.8 Å². The van der Waals surface area contributed by atoms with Gasteiger partial charge in [-0.2, -0.15) is 0 Å². The normalized spacial score (nSPS) is 13.6. The number of nitrogens with two attached hydrogens (primary N) is 1. The fourth-order valence-corrected chi connectivity index (χ4v) is 5.27. The molecule has 0 aliphatic rings. The topological polar surface area (TPSA) is 260 Å². The highest BCUT2D eigenvalue weighted by atomic mass is 16.6. The minimum absolute atomic E-state index is 0.00613. The van der Waals surface area contributed by atoms with Crippen LogP contribution in [0.15, 0.2) is 33.5 Å². The Morgan fingerprint density at radius 2 is 1.67 bits per heavy atom. The van der Waals surface area contributed by atoms with Crippen molar-refractivity contribution in [3.05, 3.63) is 40.2 Å². The SMILES string of the molecule is CCC(C)C(NC(=O)OC(C)(C)C)C(=O)NC(CCC(=O)O)C(=O)NCC(=O)CC(CCCCC(=N)N)C(=O)Nc1ccc2c(C)cc(=O)oc2c1. The first-order valence-electron chi connectivity index (χ1n) is 17.3. The first-order chi connectivity index (χ1) is 24.3. The number of hydrogen-bond acceptors (Lipinski definition) is 10. The summed E-state index contributed by atoms with van der Waals surface area (Å²) in [5.41, 5.74) is 5.41. The van der Waals surface area contributed by atoms with Crippen molar-refractivity contribution in [2.45, 2.75) is 111 Å². The van der Waals surface area contributed by atoms with Crippen LogP contribution in [0.25, 0.3) is 11.0 Å². The third-order valence-electron chi connectivity index (χ3n) is 8.22. The van der Waals surface area contributed by atoms with E-state index in [-0.39, 0.29) is 36.6 Å². The first-order valence-corrected chi connectivity index (χ1v) is 17.3. The van der Waals surface area contributed by atoms with Gasteiger partial charge in [0, 0.05) is 48.4 Å². The molecule has 0 aliphatic carbocycles. The fourth-order valence-electron chi connectivity index (χ4n) is 5.27. The van der Waals surface area contributed by atoms with Crippen molar-refractivity contribution < 1.29 is 43.0 Å². The summed E-state index contributed by atoms with van der Waals surface area (Å²) in [6, 6.07) is 3.75. The van der Waals surface area contributed by atoms with Gasteiger partial charge in [-0.1, -0.05) is 26.7 Å². The van der Waals surface area contributed by atoms with Gasteiger partial charge in [0.05, 0.1) is 12.4 Å². The quantitative estimate of drug-likeness (QED) is 0.0449. The van der Waals surface area contributed by atoms with Crippen LogP contribution in [0.3, 0.4) is 0 Å². The maximum Gasteiger partial charge on any atom is 0.408 e. The summed E-state index contributed by atoms with van der Waals surface area (Å²) < 4.78 is 10.5. The number of anilines is 1. The van der Waals surface area contributed by atoms with Gasteiger partial charge in [0.1, 0.15) is 23.3 Å². The zero-order chi connectivity index (χ0) is 39.2. The highest BCUT2D eigenvalue weighted by Crippen LogP contribution is 2.23. The molecular weight excluding hydrogens is 676 g/mol. The molecule has 0 aliphatic heterocycles. The molecule has 1 heterocycles. The number of benzene rings is 1. The molecule has 0 spiro atoms. The average molecular weight is 729 g/mol. The third-order valence-corrected chi connectivity index (χ3v) is 8.22. The maximum absolute atomic E-state index is 13.4. The molecule has 4 unspecified atom stereocenters. The first kappa shape index (κ1) is 42.9. The molecular formula is C36H52N6O10. The van der Waals surface area contributed by atoms with Crippen LogP contribution in [0, 0.1) is 24.2 Å². The predicted octanol–water partition coefficient (Wildman–Crippen LogP) is 3.52. The highest BCUT2D eigenvalue weighted by molar-refractivity contribution is 5.98.